The van der Waals surface area contributed by atoms with E-state index in [-0.39, 0.29) is 47.7 Å². The number of carbonyl (C=O) groups excluding carboxylic acids is 5. The molecule has 4 aliphatic heterocycles. The summed E-state index contributed by atoms with van der Waals surface area (Å²) in [7, 11) is 0. The Balaban J connectivity index is 0.914. The molecule has 0 bridgehead atoms. The SMILES string of the molecule is CC(C)(C#Cc1ccc2c(n1)CN([C@H]1C(C)(C)[C@H](Oc3ccc(C#N)c(Cl)c3)C1(C)C)C2=O)N1CCN(c2cc3c(cc2F)C(=O)N(C2CCC(=O)NC2=O)C3=O)CC1. The Morgan fingerprint density at radius 1 is 0.915 bits per heavy atom. The Morgan fingerprint density at radius 2 is 1.59 bits per heavy atom. The molecule has 5 aliphatic rings. The Morgan fingerprint density at radius 3 is 2.24 bits per heavy atom. The van der Waals surface area contributed by atoms with E-state index in [4.69, 9.17) is 21.3 Å². The molecule has 3 aromatic rings. The van der Waals surface area contributed by atoms with Gasteiger partial charge in [-0.05, 0) is 62.6 Å². The lowest BCUT2D eigenvalue weighted by Gasteiger charge is -2.65. The van der Waals surface area contributed by atoms with Gasteiger partial charge in [0.25, 0.3) is 17.7 Å². The number of piperidine rings is 1. The highest BCUT2D eigenvalue weighted by Crippen LogP contribution is 2.59. The van der Waals surface area contributed by atoms with E-state index in [1.54, 1.807) is 30.3 Å². The number of ether oxygens (including phenoxy) is 1. The van der Waals surface area contributed by atoms with Crippen LogP contribution in [0.15, 0.2) is 42.5 Å². The third kappa shape index (κ3) is 6.59. The van der Waals surface area contributed by atoms with Crippen LogP contribution in [0.4, 0.5) is 10.1 Å². The lowest BCUT2D eigenvalue weighted by molar-refractivity contribution is -0.199. The molecule has 5 amide bonds. The molecule has 0 radical (unpaired) electrons. The van der Waals surface area contributed by atoms with Crippen molar-refractivity contribution in [2.45, 2.75) is 84.7 Å². The molecular weight excluding hydrogens is 777 g/mol. The summed E-state index contributed by atoms with van der Waals surface area (Å²) in [5.41, 5.74) is 0.825. The van der Waals surface area contributed by atoms with Gasteiger partial charge in [0.05, 0.1) is 50.7 Å². The van der Waals surface area contributed by atoms with Gasteiger partial charge in [0.15, 0.2) is 0 Å². The van der Waals surface area contributed by atoms with Gasteiger partial charge in [0.1, 0.15) is 35.5 Å². The maximum atomic E-state index is 15.6. The lowest BCUT2D eigenvalue weighted by atomic mass is 9.49. The highest BCUT2D eigenvalue weighted by atomic mass is 35.5. The summed E-state index contributed by atoms with van der Waals surface area (Å²) < 4.78 is 22.0. The number of halogens is 2. The standard InChI is InChI=1S/C44H43ClFN7O6/c1-42(2,51-17-15-50(16-18-51)34-21-29-28(20-31(34)46)38(57)53(39(29)58)33-11-12-35(54)49-36(33)55)14-13-25-8-10-27-32(48-25)23-52(37(27)56)40-43(3,4)41(44(40,5)6)59-26-9-7-24(22-47)30(45)19-26/h7-10,19-21,33,40-41H,11-12,15-18,23H2,1-6H3,(H,49,54,55)/t33?,40-,41-. The van der Waals surface area contributed by atoms with Gasteiger partial charge >= 0.3 is 0 Å². The number of imide groups is 2. The Kier molecular flexibility index (Phi) is 9.60. The number of nitriles is 1. The molecule has 59 heavy (non-hydrogen) atoms. The first kappa shape index (κ1) is 40.0. The van der Waals surface area contributed by atoms with Crippen LogP contribution in [0.3, 0.4) is 0 Å². The molecule has 1 saturated carbocycles. The molecule has 15 heteroatoms. The van der Waals surface area contributed by atoms with Crippen molar-refractivity contribution >= 4 is 46.8 Å². The molecule has 0 spiro atoms. The second-order valence-corrected chi connectivity index (χ2v) is 17.9. The summed E-state index contributed by atoms with van der Waals surface area (Å²) in [4.78, 5) is 76.0. The number of nitrogens with zero attached hydrogens (tertiary/aromatic N) is 6. The Bertz CT molecular complexity index is 2460. The number of hydrogen-bond donors (Lipinski definition) is 1. The monoisotopic (exact) mass is 819 g/mol. The van der Waals surface area contributed by atoms with Crippen LogP contribution < -0.4 is 15.0 Å². The quantitative estimate of drug-likeness (QED) is 0.267. The van der Waals surface area contributed by atoms with E-state index in [1.165, 1.54) is 6.07 Å². The predicted molar refractivity (Wildman–Crippen MR) is 214 cm³/mol. The maximum Gasteiger partial charge on any atom is 0.262 e. The van der Waals surface area contributed by atoms with E-state index >= 15 is 4.39 Å². The van der Waals surface area contributed by atoms with Crippen molar-refractivity contribution in [2.75, 3.05) is 31.1 Å². The zero-order valence-corrected chi connectivity index (χ0v) is 34.4. The summed E-state index contributed by atoms with van der Waals surface area (Å²) in [6.07, 6.45) is -0.228. The van der Waals surface area contributed by atoms with Crippen LogP contribution in [0.1, 0.15) is 102 Å². The second-order valence-electron chi connectivity index (χ2n) is 17.5. The maximum absolute atomic E-state index is 15.6. The molecule has 8 rings (SSSR count). The molecule has 1 N–H and O–H groups in total. The molecule has 1 atom stereocenters. The van der Waals surface area contributed by atoms with Gasteiger partial charge in [-0.2, -0.15) is 5.26 Å². The number of anilines is 1. The van der Waals surface area contributed by atoms with Gasteiger partial charge in [-0.1, -0.05) is 45.2 Å². The number of carbonyl (C=O) groups is 5. The number of amides is 5. The van der Waals surface area contributed by atoms with E-state index in [0.717, 1.165) is 11.0 Å². The van der Waals surface area contributed by atoms with Crippen LogP contribution in [-0.2, 0) is 16.1 Å². The Labute approximate surface area is 346 Å². The summed E-state index contributed by atoms with van der Waals surface area (Å²) >= 11 is 6.28. The normalized spacial score (nSPS) is 23.5. The molecule has 1 aromatic heterocycles. The Hall–Kier alpha value is -5.83. The van der Waals surface area contributed by atoms with Crippen molar-refractivity contribution in [3.05, 3.63) is 86.9 Å². The zero-order chi connectivity index (χ0) is 42.3. The first-order valence-corrected chi connectivity index (χ1v) is 20.0. The van der Waals surface area contributed by atoms with Crippen molar-refractivity contribution in [2.24, 2.45) is 10.8 Å². The molecule has 2 aromatic carbocycles. The zero-order valence-electron chi connectivity index (χ0n) is 33.6. The molecule has 3 fully saturated rings. The summed E-state index contributed by atoms with van der Waals surface area (Å²) in [6.45, 7) is 14.6. The van der Waals surface area contributed by atoms with Crippen molar-refractivity contribution in [1.29, 1.82) is 5.26 Å². The van der Waals surface area contributed by atoms with Crippen LogP contribution in [0, 0.1) is 39.8 Å². The van der Waals surface area contributed by atoms with E-state index < -0.39 is 51.9 Å². The van der Waals surface area contributed by atoms with Gasteiger partial charge in [0.2, 0.25) is 11.8 Å². The van der Waals surface area contributed by atoms with Crippen molar-refractivity contribution < 1.29 is 33.1 Å². The van der Waals surface area contributed by atoms with Crippen molar-refractivity contribution in [3.8, 4) is 23.7 Å². The van der Waals surface area contributed by atoms with Gasteiger partial charge in [-0.15, -0.1) is 0 Å². The smallest absolute Gasteiger partial charge is 0.262 e. The highest BCUT2D eigenvalue weighted by Gasteiger charge is 2.67. The second kappa shape index (κ2) is 14.2. The summed E-state index contributed by atoms with van der Waals surface area (Å²) in [5, 5.41) is 11.8. The number of nitrogens with one attached hydrogen (secondary N) is 1. The summed E-state index contributed by atoms with van der Waals surface area (Å²) in [5.74, 6) is 3.79. The van der Waals surface area contributed by atoms with E-state index in [1.807, 2.05) is 23.6 Å². The minimum absolute atomic E-state index is 0.00601. The third-order valence-electron chi connectivity index (χ3n) is 12.6. The number of piperazine rings is 1. The minimum atomic E-state index is -1.13. The molecule has 5 heterocycles. The average Bonchev–Trinajstić information content (AvgIpc) is 3.62. The van der Waals surface area contributed by atoms with E-state index in [2.05, 4.69) is 55.8 Å². The average molecular weight is 820 g/mol. The predicted octanol–water partition coefficient (Wildman–Crippen LogP) is 4.94. The number of benzene rings is 2. The fourth-order valence-electron chi connectivity index (χ4n) is 10.0. The summed E-state index contributed by atoms with van der Waals surface area (Å²) in [6, 6.07) is 11.8. The van der Waals surface area contributed by atoms with Crippen molar-refractivity contribution in [3.63, 3.8) is 0 Å². The number of hydrogen-bond acceptors (Lipinski definition) is 10. The number of rotatable bonds is 6. The third-order valence-corrected chi connectivity index (χ3v) is 12.9. The van der Waals surface area contributed by atoms with E-state index in [0.29, 0.717) is 66.0 Å². The van der Waals surface area contributed by atoms with Crippen molar-refractivity contribution in [1.82, 2.24) is 25.0 Å². The largest absolute Gasteiger partial charge is 0.489 e. The lowest BCUT2D eigenvalue weighted by Crippen LogP contribution is -2.74. The van der Waals surface area contributed by atoms with Crippen LogP contribution in [0.5, 0.6) is 5.75 Å². The fraction of sp³-hybridized carbons (Fsp3) is 0.432. The molecule has 2 saturated heterocycles. The van der Waals surface area contributed by atoms with Gasteiger partial charge in [-0.25, -0.2) is 9.37 Å². The van der Waals surface area contributed by atoms with Crippen LogP contribution >= 0.6 is 11.6 Å². The number of aromatic nitrogens is 1. The van der Waals surface area contributed by atoms with Gasteiger partial charge in [0, 0.05) is 55.5 Å². The first-order chi connectivity index (χ1) is 27.8. The molecule has 13 nitrogen and oxygen atoms in total. The van der Waals surface area contributed by atoms with Gasteiger partial charge in [-0.3, -0.25) is 39.1 Å². The van der Waals surface area contributed by atoms with Gasteiger partial charge < -0.3 is 14.5 Å². The number of fused-ring (bicyclic) bond motifs is 2. The number of pyridine rings is 1. The topological polar surface area (TPSA) is 156 Å². The van der Waals surface area contributed by atoms with Crippen LogP contribution in [0.2, 0.25) is 5.02 Å². The molecule has 1 aliphatic carbocycles. The molecular formula is C44H43ClFN7O6. The first-order valence-electron chi connectivity index (χ1n) is 19.6. The van der Waals surface area contributed by atoms with E-state index in [9.17, 15) is 29.2 Å². The molecule has 1 unspecified atom stereocenters. The highest BCUT2D eigenvalue weighted by molar-refractivity contribution is 6.31. The molecule has 304 valence electrons. The fourth-order valence-corrected chi connectivity index (χ4v) is 10.2. The van der Waals surface area contributed by atoms with Crippen LogP contribution in [-0.4, -0.2) is 99.1 Å². The minimum Gasteiger partial charge on any atom is -0.489 e. The van der Waals surface area contributed by atoms with Crippen LogP contribution in [0.25, 0.3) is 0 Å².